The van der Waals surface area contributed by atoms with Crippen molar-refractivity contribution in [2.24, 2.45) is 11.7 Å². The average Bonchev–Trinajstić information content (AvgIpc) is 3.16. The first-order valence-electron chi connectivity index (χ1n) is 11.9. The number of phosphoric ester groups is 1. The smallest absolute Gasteiger partial charge is 0.477 e. The topological polar surface area (TPSA) is 337 Å². The third kappa shape index (κ3) is 7.14. The monoisotopic (exact) mass is 614 g/mol. The van der Waals surface area contributed by atoms with E-state index >= 15 is 0 Å². The molecule has 2 aliphatic heterocycles. The highest BCUT2D eigenvalue weighted by atomic mass is 31.2. The molecule has 1 aromatic rings. The van der Waals surface area contributed by atoms with Gasteiger partial charge < -0.3 is 61.6 Å². The van der Waals surface area contributed by atoms with E-state index < -0.39 is 112 Å². The van der Waals surface area contributed by atoms with Crippen LogP contribution in [0.2, 0.25) is 0 Å². The van der Waals surface area contributed by atoms with Crippen molar-refractivity contribution < 1.29 is 73.3 Å². The lowest BCUT2D eigenvalue weighted by atomic mass is 9.80. The van der Waals surface area contributed by atoms with Gasteiger partial charge >= 0.3 is 19.5 Å². The highest BCUT2D eigenvalue weighted by Gasteiger charge is 2.59. The van der Waals surface area contributed by atoms with Crippen LogP contribution in [0.1, 0.15) is 19.1 Å². The number of aliphatic hydroxyl groups is 6. The molecule has 41 heavy (non-hydrogen) atoms. The summed E-state index contributed by atoms with van der Waals surface area (Å²) in [5.74, 6) is -7.66. The number of aliphatic carboxylic acids is 1. The van der Waals surface area contributed by atoms with E-state index in [4.69, 9.17) is 30.0 Å². The standard InChI is InChI=1S/C20H31N4O16P/c21-5-7(26)3-8-9(27)4-20(18(32)33,38-15(8)12(29)10(28)6-25)40-41(35,36)39-17-14(31)13(30)16(37-17)24-2-1-11(22)23-19(24)34/h1-2,8-10,12-17,25,27-31H,3-6,21H2,(H,32,33)(H,35,36)(H2,22,23,34)/t8-,9-,10-,12-,13?,14-,15?,16-,17-,20-/m1/s1. The highest BCUT2D eigenvalue weighted by Crippen LogP contribution is 2.54. The molecular weight excluding hydrogens is 583 g/mol. The summed E-state index contributed by atoms with van der Waals surface area (Å²) >= 11 is 0. The summed E-state index contributed by atoms with van der Waals surface area (Å²) in [5, 5.41) is 70.8. The van der Waals surface area contributed by atoms with E-state index in [1.54, 1.807) is 0 Å². The van der Waals surface area contributed by atoms with Gasteiger partial charge in [0.2, 0.25) is 0 Å². The maximum Gasteiger partial charge on any atom is 0.477 e. The molecule has 2 saturated heterocycles. The number of aliphatic hydroxyl groups excluding tert-OH is 6. The Morgan fingerprint density at radius 2 is 1.93 bits per heavy atom. The molecule has 2 aliphatic rings. The number of ketones is 1. The third-order valence-electron chi connectivity index (χ3n) is 6.48. The van der Waals surface area contributed by atoms with Crippen molar-refractivity contribution in [2.45, 2.75) is 67.8 Å². The number of carboxylic acids is 1. The number of phosphoric acid groups is 1. The van der Waals surface area contributed by atoms with Crippen LogP contribution in [0.25, 0.3) is 0 Å². The van der Waals surface area contributed by atoms with Crippen LogP contribution in [0, 0.1) is 5.92 Å². The van der Waals surface area contributed by atoms with E-state index in [0.29, 0.717) is 4.57 Å². The molecule has 232 valence electrons. The number of nitrogens with zero attached hydrogens (tertiary/aromatic N) is 2. The van der Waals surface area contributed by atoms with Crippen molar-refractivity contribution in [3.05, 3.63) is 22.7 Å². The minimum Gasteiger partial charge on any atom is -0.477 e. The Balaban J connectivity index is 1.87. The Bertz CT molecular complexity index is 1220. The Morgan fingerprint density at radius 1 is 1.27 bits per heavy atom. The molecule has 0 saturated carbocycles. The number of nitrogen functional groups attached to an aromatic ring is 1. The number of hydrogen-bond donors (Lipinski definition) is 10. The van der Waals surface area contributed by atoms with Gasteiger partial charge in [-0.2, -0.15) is 4.98 Å². The fraction of sp³-hybridized carbons (Fsp3) is 0.700. The zero-order chi connectivity index (χ0) is 30.9. The van der Waals surface area contributed by atoms with Crippen LogP contribution in [-0.4, -0.2) is 124 Å². The molecule has 3 unspecified atom stereocenters. The summed E-state index contributed by atoms with van der Waals surface area (Å²) in [6.07, 6.45) is -16.6. The maximum atomic E-state index is 12.9. The Hall–Kier alpha value is -2.43. The average molecular weight is 614 g/mol. The molecule has 12 N–H and O–H groups in total. The normalized spacial score (nSPS) is 35.0. The first-order chi connectivity index (χ1) is 19.1. The van der Waals surface area contributed by atoms with Crippen molar-refractivity contribution in [1.82, 2.24) is 9.55 Å². The number of anilines is 1. The first kappa shape index (κ1) is 33.1. The van der Waals surface area contributed by atoms with E-state index in [1.807, 2.05) is 0 Å². The van der Waals surface area contributed by atoms with Crippen LogP contribution in [0.3, 0.4) is 0 Å². The lowest BCUT2D eigenvalue weighted by Gasteiger charge is -2.46. The largest absolute Gasteiger partial charge is 0.477 e. The van der Waals surface area contributed by atoms with Gasteiger partial charge in [0.05, 0.1) is 25.4 Å². The molecule has 11 atom stereocenters. The zero-order valence-corrected chi connectivity index (χ0v) is 21.9. The van der Waals surface area contributed by atoms with Gasteiger partial charge in [-0.25, -0.2) is 18.7 Å². The molecule has 0 radical (unpaired) electrons. The summed E-state index contributed by atoms with van der Waals surface area (Å²) in [6, 6.07) is 1.15. The van der Waals surface area contributed by atoms with Crippen LogP contribution in [0.5, 0.6) is 0 Å². The molecule has 0 bridgehead atoms. The molecule has 0 amide bonds. The minimum atomic E-state index is -5.71. The van der Waals surface area contributed by atoms with Gasteiger partial charge in [-0.3, -0.25) is 13.9 Å². The van der Waals surface area contributed by atoms with Crippen LogP contribution >= 0.6 is 7.82 Å². The predicted molar refractivity (Wildman–Crippen MR) is 128 cm³/mol. The van der Waals surface area contributed by atoms with Gasteiger partial charge in [0.1, 0.15) is 36.0 Å². The van der Waals surface area contributed by atoms with Gasteiger partial charge in [-0.05, 0) is 6.07 Å². The summed E-state index contributed by atoms with van der Waals surface area (Å²) in [6.45, 7) is -1.58. The second kappa shape index (κ2) is 12.8. The quantitative estimate of drug-likeness (QED) is 0.0982. The molecule has 0 spiro atoms. The number of carbonyl (C=O) groups is 2. The molecule has 2 fully saturated rings. The van der Waals surface area contributed by atoms with Crippen molar-refractivity contribution in [3.63, 3.8) is 0 Å². The fourth-order valence-electron chi connectivity index (χ4n) is 4.39. The molecule has 1 aromatic heterocycles. The van der Waals surface area contributed by atoms with Gasteiger partial charge in [0.15, 0.2) is 12.5 Å². The molecule has 3 rings (SSSR count). The summed E-state index contributed by atoms with van der Waals surface area (Å²) < 4.78 is 33.6. The summed E-state index contributed by atoms with van der Waals surface area (Å²) in [7, 11) is -5.71. The Morgan fingerprint density at radius 3 is 2.49 bits per heavy atom. The van der Waals surface area contributed by atoms with Gasteiger partial charge in [0.25, 0.3) is 5.79 Å². The second-order valence-corrected chi connectivity index (χ2v) is 10.7. The van der Waals surface area contributed by atoms with Crippen molar-refractivity contribution >= 4 is 25.4 Å². The molecule has 0 aliphatic carbocycles. The number of Topliss-reactive ketones (excluding diaryl/α,β-unsaturated/α-hetero) is 1. The number of hydrogen-bond acceptors (Lipinski definition) is 17. The fourth-order valence-corrected chi connectivity index (χ4v) is 5.44. The van der Waals surface area contributed by atoms with E-state index in [1.165, 1.54) is 0 Å². The van der Waals surface area contributed by atoms with Gasteiger partial charge in [-0.15, -0.1) is 0 Å². The highest BCUT2D eigenvalue weighted by molar-refractivity contribution is 7.47. The lowest BCUT2D eigenvalue weighted by Crippen LogP contribution is -2.62. The minimum absolute atomic E-state index is 0.182. The number of carbonyl (C=O) groups excluding carboxylic acids is 1. The molecule has 3 heterocycles. The van der Waals surface area contributed by atoms with E-state index in [9.17, 15) is 59.6 Å². The molecule has 21 heteroatoms. The van der Waals surface area contributed by atoms with Gasteiger partial charge in [0, 0.05) is 25.0 Å². The zero-order valence-electron chi connectivity index (χ0n) is 21.0. The van der Waals surface area contributed by atoms with Gasteiger partial charge in [-0.1, -0.05) is 0 Å². The predicted octanol–water partition coefficient (Wildman–Crippen LogP) is -5.29. The van der Waals surface area contributed by atoms with Crippen LogP contribution in [0.15, 0.2) is 17.1 Å². The number of rotatable bonds is 12. The third-order valence-corrected chi connectivity index (χ3v) is 7.48. The van der Waals surface area contributed by atoms with Crippen molar-refractivity contribution in [3.8, 4) is 0 Å². The van der Waals surface area contributed by atoms with Crippen LogP contribution < -0.4 is 17.2 Å². The van der Waals surface area contributed by atoms with Crippen molar-refractivity contribution in [1.29, 1.82) is 0 Å². The van der Waals surface area contributed by atoms with E-state index in [0.717, 1.165) is 12.3 Å². The number of carboxylic acid groups (broad SMARTS) is 1. The molecular formula is C20H31N4O16P. The Kier molecular flexibility index (Phi) is 10.4. The summed E-state index contributed by atoms with van der Waals surface area (Å²) in [4.78, 5) is 50.1. The second-order valence-electron chi connectivity index (χ2n) is 9.35. The number of nitrogens with two attached hydrogens (primary N) is 2. The first-order valence-corrected chi connectivity index (χ1v) is 13.4. The van der Waals surface area contributed by atoms with E-state index in [2.05, 4.69) is 4.98 Å². The Labute approximate surface area is 229 Å². The lowest BCUT2D eigenvalue weighted by molar-refractivity contribution is -0.299. The summed E-state index contributed by atoms with van der Waals surface area (Å²) in [5.41, 5.74) is 9.65. The maximum absolute atomic E-state index is 12.9. The molecule has 0 aromatic carbocycles. The van der Waals surface area contributed by atoms with Crippen LogP contribution in [-0.2, 0) is 32.7 Å². The SMILES string of the molecule is NCC(=O)C[C@H]1C([C@H](O)[C@H](O)CO)O[C@](OP(=O)(O)O[C@H]2O[C@@H](n3ccc(N)nc3=O)C(O)[C@H]2O)(C(=O)O)C[C@H]1O. The number of ether oxygens (including phenoxy) is 2. The number of aromatic nitrogens is 2. The van der Waals surface area contributed by atoms with E-state index in [-0.39, 0.29) is 5.82 Å². The molecule has 20 nitrogen and oxygen atoms in total. The van der Waals surface area contributed by atoms with Crippen molar-refractivity contribution in [2.75, 3.05) is 18.9 Å². The van der Waals surface area contributed by atoms with Crippen LogP contribution in [0.4, 0.5) is 5.82 Å².